The molecule has 0 radical (unpaired) electrons. The number of hydrogen-bond donors (Lipinski definition) is 1. The second-order valence-electron chi connectivity index (χ2n) is 5.63. The van der Waals surface area contributed by atoms with Crippen molar-refractivity contribution < 1.29 is 23.9 Å². The zero-order valence-electron chi connectivity index (χ0n) is 14.5. The molecule has 134 valence electrons. The Morgan fingerprint density at radius 1 is 1.24 bits per heavy atom. The van der Waals surface area contributed by atoms with Crippen molar-refractivity contribution in [3.8, 4) is 0 Å². The smallest absolute Gasteiger partial charge is 0.339 e. The number of thiophene rings is 1. The number of H-pyrrole nitrogens is 1. The van der Waals surface area contributed by atoms with E-state index in [4.69, 9.17) is 9.47 Å². The molecule has 0 amide bonds. The van der Waals surface area contributed by atoms with E-state index in [1.165, 1.54) is 12.0 Å². The Hall–Kier alpha value is -2.41. The van der Waals surface area contributed by atoms with Gasteiger partial charge < -0.3 is 14.5 Å². The molecule has 1 N–H and O–H groups in total. The van der Waals surface area contributed by atoms with Crippen LogP contribution in [0.2, 0.25) is 0 Å². The van der Waals surface area contributed by atoms with Gasteiger partial charge in [0.1, 0.15) is 0 Å². The Labute approximate surface area is 150 Å². The summed E-state index contributed by atoms with van der Waals surface area (Å²) in [5.41, 5.74) is 1.66. The predicted octanol–water partition coefficient (Wildman–Crippen LogP) is 3.23. The van der Waals surface area contributed by atoms with Crippen LogP contribution in [0.1, 0.15) is 49.8 Å². The zero-order chi connectivity index (χ0) is 18.4. The Morgan fingerprint density at radius 3 is 2.64 bits per heavy atom. The van der Waals surface area contributed by atoms with E-state index in [-0.39, 0.29) is 24.5 Å². The van der Waals surface area contributed by atoms with Crippen LogP contribution in [-0.4, -0.2) is 36.4 Å². The minimum atomic E-state index is -0.504. The molecule has 0 bridgehead atoms. The topological polar surface area (TPSA) is 85.5 Å². The number of ether oxygens (including phenoxy) is 2. The number of rotatable bonds is 8. The highest BCUT2D eigenvalue weighted by Crippen LogP contribution is 2.19. The van der Waals surface area contributed by atoms with E-state index in [9.17, 15) is 14.4 Å². The van der Waals surface area contributed by atoms with Crippen molar-refractivity contribution in [1.82, 2.24) is 4.98 Å². The summed E-state index contributed by atoms with van der Waals surface area (Å²) < 4.78 is 9.76. The molecule has 0 aliphatic heterocycles. The molecule has 0 aliphatic rings. The average molecular weight is 363 g/mol. The molecule has 25 heavy (non-hydrogen) atoms. The fraction of sp³-hybridized carbons (Fsp3) is 0.389. The van der Waals surface area contributed by atoms with E-state index in [1.54, 1.807) is 25.2 Å². The molecule has 0 saturated carbocycles. The molecular weight excluding hydrogens is 342 g/mol. The molecule has 2 aromatic heterocycles. The number of hydrogen-bond acceptors (Lipinski definition) is 6. The third kappa shape index (κ3) is 4.79. The summed E-state index contributed by atoms with van der Waals surface area (Å²) in [5.74, 6) is -1.28. The first-order valence-corrected chi connectivity index (χ1v) is 8.80. The van der Waals surface area contributed by atoms with Crippen LogP contribution in [0.15, 0.2) is 17.5 Å². The van der Waals surface area contributed by atoms with Gasteiger partial charge in [-0.05, 0) is 43.7 Å². The summed E-state index contributed by atoms with van der Waals surface area (Å²) in [4.78, 5) is 39.8. The Kier molecular flexibility index (Phi) is 6.52. The highest BCUT2D eigenvalue weighted by molar-refractivity contribution is 7.09. The van der Waals surface area contributed by atoms with Crippen molar-refractivity contribution in [2.75, 3.05) is 13.7 Å². The van der Waals surface area contributed by atoms with Crippen LogP contribution in [0.5, 0.6) is 0 Å². The lowest BCUT2D eigenvalue weighted by Crippen LogP contribution is -2.15. The summed E-state index contributed by atoms with van der Waals surface area (Å²) in [6.07, 6.45) is 1.76. The maximum atomic E-state index is 12.2. The fourth-order valence-corrected chi connectivity index (χ4v) is 3.34. The molecule has 0 fully saturated rings. The van der Waals surface area contributed by atoms with Crippen LogP contribution in [0.25, 0.3) is 0 Å². The third-order valence-corrected chi connectivity index (χ3v) is 4.79. The maximum absolute atomic E-state index is 12.2. The van der Waals surface area contributed by atoms with Gasteiger partial charge in [-0.15, -0.1) is 11.3 Å². The number of Topliss-reactive ketones (excluding diaryl/α,β-unsaturated/α-hetero) is 1. The highest BCUT2D eigenvalue weighted by atomic mass is 32.1. The number of carbonyl (C=O) groups is 3. The molecule has 0 atom stereocenters. The standard InChI is InChI=1S/C18H21NO5S/c1-11-16(18(22)23-3)12(2)19-17(11)14(20)10-24-15(21)8-4-6-13-7-5-9-25-13/h5,7,9,19H,4,6,8,10H2,1-3H3. The maximum Gasteiger partial charge on any atom is 0.339 e. The van der Waals surface area contributed by atoms with Gasteiger partial charge in [0, 0.05) is 17.0 Å². The summed E-state index contributed by atoms with van der Waals surface area (Å²) in [6, 6.07) is 4.00. The number of nitrogens with one attached hydrogen (secondary N) is 1. The van der Waals surface area contributed by atoms with E-state index in [0.717, 1.165) is 6.42 Å². The molecule has 0 aromatic carbocycles. The number of aryl methyl sites for hydroxylation is 2. The Bertz CT molecular complexity index is 761. The molecule has 6 nitrogen and oxygen atoms in total. The highest BCUT2D eigenvalue weighted by Gasteiger charge is 2.23. The lowest BCUT2D eigenvalue weighted by atomic mass is 10.1. The van der Waals surface area contributed by atoms with Crippen molar-refractivity contribution in [2.24, 2.45) is 0 Å². The van der Waals surface area contributed by atoms with E-state index < -0.39 is 11.9 Å². The van der Waals surface area contributed by atoms with Gasteiger partial charge in [0.05, 0.1) is 18.4 Å². The first kappa shape index (κ1) is 18.9. The van der Waals surface area contributed by atoms with E-state index >= 15 is 0 Å². The minimum Gasteiger partial charge on any atom is -0.465 e. The van der Waals surface area contributed by atoms with E-state index in [1.807, 2.05) is 17.5 Å². The quantitative estimate of drug-likeness (QED) is 0.575. The molecule has 0 spiro atoms. The monoisotopic (exact) mass is 363 g/mol. The number of aromatic nitrogens is 1. The van der Waals surface area contributed by atoms with Crippen LogP contribution < -0.4 is 0 Å². The normalized spacial score (nSPS) is 10.5. The number of esters is 2. The number of carbonyl (C=O) groups excluding carboxylic acids is 3. The molecule has 2 aromatic rings. The first-order valence-electron chi connectivity index (χ1n) is 7.92. The van der Waals surface area contributed by atoms with Gasteiger partial charge in [-0.25, -0.2) is 4.79 Å². The van der Waals surface area contributed by atoms with Gasteiger partial charge in [0.25, 0.3) is 0 Å². The van der Waals surface area contributed by atoms with Crippen LogP contribution >= 0.6 is 11.3 Å². The summed E-state index contributed by atoms with van der Waals surface area (Å²) in [7, 11) is 1.29. The van der Waals surface area contributed by atoms with Crippen LogP contribution in [0, 0.1) is 13.8 Å². The van der Waals surface area contributed by atoms with Gasteiger partial charge >= 0.3 is 11.9 Å². The number of aromatic amines is 1. The SMILES string of the molecule is COC(=O)c1c(C)[nH]c(C(=O)COC(=O)CCCc2cccs2)c1C. The van der Waals surface area contributed by atoms with Crippen LogP contribution in [-0.2, 0) is 20.7 Å². The molecular formula is C18H21NO5S. The fourth-order valence-electron chi connectivity index (χ4n) is 2.59. The molecule has 0 aliphatic carbocycles. The first-order chi connectivity index (χ1) is 11.9. The van der Waals surface area contributed by atoms with Crippen molar-refractivity contribution >= 4 is 29.1 Å². The van der Waals surface area contributed by atoms with Crippen molar-refractivity contribution in [3.63, 3.8) is 0 Å². The van der Waals surface area contributed by atoms with Gasteiger partial charge in [-0.3, -0.25) is 9.59 Å². The molecule has 0 unspecified atom stereocenters. The largest absolute Gasteiger partial charge is 0.465 e. The molecule has 2 rings (SSSR count). The summed E-state index contributed by atoms with van der Waals surface area (Å²) in [5, 5.41) is 2.00. The predicted molar refractivity (Wildman–Crippen MR) is 94.2 cm³/mol. The molecule has 7 heteroatoms. The Balaban J connectivity index is 1.85. The second kappa shape index (κ2) is 8.62. The van der Waals surface area contributed by atoms with Crippen molar-refractivity contribution in [2.45, 2.75) is 33.1 Å². The zero-order valence-corrected chi connectivity index (χ0v) is 15.3. The molecule has 2 heterocycles. The van der Waals surface area contributed by atoms with Crippen molar-refractivity contribution in [1.29, 1.82) is 0 Å². The van der Waals surface area contributed by atoms with E-state index in [0.29, 0.717) is 23.2 Å². The third-order valence-electron chi connectivity index (χ3n) is 3.85. The van der Waals surface area contributed by atoms with Crippen LogP contribution in [0.4, 0.5) is 0 Å². The minimum absolute atomic E-state index is 0.265. The molecule has 0 saturated heterocycles. The van der Waals surface area contributed by atoms with Gasteiger partial charge in [0.15, 0.2) is 6.61 Å². The summed E-state index contributed by atoms with van der Waals surface area (Å²) in [6.45, 7) is 3.00. The Morgan fingerprint density at radius 2 is 2.00 bits per heavy atom. The van der Waals surface area contributed by atoms with Gasteiger partial charge in [-0.1, -0.05) is 6.07 Å². The van der Waals surface area contributed by atoms with Crippen LogP contribution in [0.3, 0.4) is 0 Å². The number of ketones is 1. The van der Waals surface area contributed by atoms with Crippen molar-refractivity contribution in [3.05, 3.63) is 44.9 Å². The number of methoxy groups -OCH3 is 1. The van der Waals surface area contributed by atoms with Gasteiger partial charge in [0.2, 0.25) is 5.78 Å². The summed E-state index contributed by atoms with van der Waals surface area (Å²) >= 11 is 1.65. The van der Waals surface area contributed by atoms with E-state index in [2.05, 4.69) is 4.98 Å². The van der Waals surface area contributed by atoms with Gasteiger partial charge in [-0.2, -0.15) is 0 Å². The average Bonchev–Trinajstić information content (AvgIpc) is 3.20. The lowest BCUT2D eigenvalue weighted by molar-refractivity contribution is -0.142. The second-order valence-corrected chi connectivity index (χ2v) is 6.67. The lowest BCUT2D eigenvalue weighted by Gasteiger charge is -2.04.